The van der Waals surface area contributed by atoms with Crippen molar-refractivity contribution in [2.45, 2.75) is 18.9 Å². The van der Waals surface area contributed by atoms with Crippen LogP contribution in [-0.4, -0.2) is 35.8 Å². The topological polar surface area (TPSA) is 49.4 Å². The number of carbonyl (C=O) groups excluding carboxylic acids is 2. The Morgan fingerprint density at radius 2 is 1.52 bits per heavy atom. The molecule has 0 radical (unpaired) electrons. The van der Waals surface area contributed by atoms with Gasteiger partial charge in [0.15, 0.2) is 0 Å². The number of hydrogen-bond donors (Lipinski definition) is 1. The van der Waals surface area contributed by atoms with Crippen LogP contribution < -0.4 is 5.32 Å². The lowest BCUT2D eigenvalue weighted by Crippen LogP contribution is -2.46. The summed E-state index contributed by atoms with van der Waals surface area (Å²) in [4.78, 5) is 26.3. The van der Waals surface area contributed by atoms with Crippen molar-refractivity contribution < 1.29 is 9.59 Å². The van der Waals surface area contributed by atoms with Gasteiger partial charge in [-0.15, -0.1) is 0 Å². The van der Waals surface area contributed by atoms with Crippen molar-refractivity contribution in [2.24, 2.45) is 0 Å². The molecule has 0 saturated carbocycles. The number of rotatable bonds is 4. The average molecular weight is 334 g/mol. The van der Waals surface area contributed by atoms with Gasteiger partial charge in [0.05, 0.1) is 0 Å². The maximum absolute atomic E-state index is 12.3. The average Bonchev–Trinajstić information content (AvgIpc) is 2.68. The van der Waals surface area contributed by atoms with Crippen molar-refractivity contribution in [3.8, 4) is 0 Å². The smallest absolute Gasteiger partial charge is 0.251 e. The summed E-state index contributed by atoms with van der Waals surface area (Å²) in [6.07, 6.45) is 5.02. The maximum Gasteiger partial charge on any atom is 0.251 e. The molecule has 0 unspecified atom stereocenters. The Kier molecular flexibility index (Phi) is 5.62. The van der Waals surface area contributed by atoms with E-state index in [2.05, 4.69) is 5.32 Å². The summed E-state index contributed by atoms with van der Waals surface area (Å²) in [5.74, 6) is -0.0222. The summed E-state index contributed by atoms with van der Waals surface area (Å²) in [5, 5.41) is 3.06. The lowest BCUT2D eigenvalue weighted by atomic mass is 10.0. The molecule has 1 heterocycles. The minimum absolute atomic E-state index is 0.0247. The fraction of sp³-hybridized carbons (Fsp3) is 0.238. The van der Waals surface area contributed by atoms with Gasteiger partial charge < -0.3 is 10.2 Å². The molecule has 128 valence electrons. The van der Waals surface area contributed by atoms with Crippen molar-refractivity contribution >= 4 is 17.9 Å². The summed E-state index contributed by atoms with van der Waals surface area (Å²) >= 11 is 0. The molecule has 1 aliphatic rings. The van der Waals surface area contributed by atoms with Gasteiger partial charge in [0.1, 0.15) is 0 Å². The second kappa shape index (κ2) is 8.29. The summed E-state index contributed by atoms with van der Waals surface area (Å²) < 4.78 is 0. The molecular formula is C21H22N2O2. The van der Waals surface area contributed by atoms with Crippen LogP contribution in [0.1, 0.15) is 28.8 Å². The van der Waals surface area contributed by atoms with Crippen LogP contribution in [0.15, 0.2) is 66.7 Å². The van der Waals surface area contributed by atoms with Crippen LogP contribution in [0.25, 0.3) is 6.08 Å². The lowest BCUT2D eigenvalue weighted by molar-refractivity contribution is -0.126. The van der Waals surface area contributed by atoms with E-state index in [9.17, 15) is 9.59 Å². The van der Waals surface area contributed by atoms with Crippen molar-refractivity contribution in [3.63, 3.8) is 0 Å². The van der Waals surface area contributed by atoms with Crippen molar-refractivity contribution in [3.05, 3.63) is 77.9 Å². The normalized spacial score (nSPS) is 15.3. The first-order chi connectivity index (χ1) is 12.2. The van der Waals surface area contributed by atoms with E-state index in [1.165, 1.54) is 0 Å². The third kappa shape index (κ3) is 4.80. The number of amides is 2. The summed E-state index contributed by atoms with van der Waals surface area (Å²) in [6.45, 7) is 1.33. The van der Waals surface area contributed by atoms with Crippen LogP contribution in [0.2, 0.25) is 0 Å². The van der Waals surface area contributed by atoms with Crippen LogP contribution in [0.5, 0.6) is 0 Å². The summed E-state index contributed by atoms with van der Waals surface area (Å²) in [7, 11) is 0. The summed E-state index contributed by atoms with van der Waals surface area (Å²) in [6, 6.07) is 19.1. The van der Waals surface area contributed by atoms with E-state index in [4.69, 9.17) is 0 Å². The molecule has 2 aromatic carbocycles. The molecule has 1 fully saturated rings. The molecule has 1 saturated heterocycles. The maximum atomic E-state index is 12.3. The Morgan fingerprint density at radius 3 is 2.16 bits per heavy atom. The van der Waals surface area contributed by atoms with Crippen molar-refractivity contribution in [1.82, 2.24) is 10.2 Å². The molecule has 0 aromatic heterocycles. The second-order valence-corrected chi connectivity index (χ2v) is 6.18. The quantitative estimate of drug-likeness (QED) is 0.874. The monoisotopic (exact) mass is 334 g/mol. The molecule has 4 nitrogen and oxygen atoms in total. The summed E-state index contributed by atoms with van der Waals surface area (Å²) in [5.41, 5.74) is 1.69. The largest absolute Gasteiger partial charge is 0.349 e. The van der Waals surface area contributed by atoms with Gasteiger partial charge in [-0.25, -0.2) is 0 Å². The highest BCUT2D eigenvalue weighted by Gasteiger charge is 2.22. The van der Waals surface area contributed by atoms with E-state index in [0.29, 0.717) is 18.7 Å². The Balaban J connectivity index is 1.47. The van der Waals surface area contributed by atoms with Crippen LogP contribution in [0.3, 0.4) is 0 Å². The van der Waals surface area contributed by atoms with Gasteiger partial charge in [0.2, 0.25) is 5.91 Å². The minimum Gasteiger partial charge on any atom is -0.349 e. The second-order valence-electron chi connectivity index (χ2n) is 6.18. The van der Waals surface area contributed by atoms with Crippen LogP contribution in [0.4, 0.5) is 0 Å². The third-order valence-corrected chi connectivity index (χ3v) is 4.40. The Labute approximate surface area is 148 Å². The first-order valence-corrected chi connectivity index (χ1v) is 8.60. The van der Waals surface area contributed by atoms with Gasteiger partial charge in [-0.3, -0.25) is 9.59 Å². The Bertz CT molecular complexity index is 733. The minimum atomic E-state index is -0.0469. The van der Waals surface area contributed by atoms with Gasteiger partial charge in [-0.05, 0) is 36.6 Å². The molecule has 1 aliphatic heterocycles. The molecule has 0 aliphatic carbocycles. The zero-order valence-corrected chi connectivity index (χ0v) is 14.1. The van der Waals surface area contributed by atoms with Crippen molar-refractivity contribution in [2.75, 3.05) is 13.1 Å². The number of likely N-dealkylation sites (tertiary alicyclic amines) is 1. The Morgan fingerprint density at radius 1 is 0.920 bits per heavy atom. The van der Waals surface area contributed by atoms with E-state index in [1.54, 1.807) is 6.08 Å². The molecule has 0 bridgehead atoms. The highest BCUT2D eigenvalue weighted by Crippen LogP contribution is 2.12. The van der Waals surface area contributed by atoms with E-state index in [-0.39, 0.29) is 17.9 Å². The molecular weight excluding hydrogens is 312 g/mol. The number of nitrogens with one attached hydrogen (secondary N) is 1. The van der Waals surface area contributed by atoms with Gasteiger partial charge in [0, 0.05) is 30.8 Å². The standard InChI is InChI=1S/C21H22N2O2/c24-20(12-11-17-7-3-1-4-8-17)23-15-13-19(14-16-23)22-21(25)18-9-5-2-6-10-18/h1-12,19H,13-16H2,(H,22,25)/b12-11+. The van der Waals surface area contributed by atoms with Crippen molar-refractivity contribution in [1.29, 1.82) is 0 Å². The molecule has 25 heavy (non-hydrogen) atoms. The molecule has 4 heteroatoms. The highest BCUT2D eigenvalue weighted by atomic mass is 16.2. The van der Waals surface area contributed by atoms with Gasteiger partial charge in [-0.1, -0.05) is 48.5 Å². The third-order valence-electron chi connectivity index (χ3n) is 4.40. The zero-order valence-electron chi connectivity index (χ0n) is 14.1. The van der Waals surface area contributed by atoms with Gasteiger partial charge in [-0.2, -0.15) is 0 Å². The molecule has 0 atom stereocenters. The number of nitrogens with zero attached hydrogens (tertiary/aromatic N) is 1. The van der Waals surface area contributed by atoms with E-state index in [0.717, 1.165) is 18.4 Å². The van der Waals surface area contributed by atoms with E-state index < -0.39 is 0 Å². The predicted molar refractivity (Wildman–Crippen MR) is 99.0 cm³/mol. The van der Waals surface area contributed by atoms with Gasteiger partial charge in [0.25, 0.3) is 5.91 Å². The zero-order chi connectivity index (χ0) is 17.5. The lowest BCUT2D eigenvalue weighted by Gasteiger charge is -2.31. The number of hydrogen-bond acceptors (Lipinski definition) is 2. The fourth-order valence-corrected chi connectivity index (χ4v) is 2.94. The molecule has 0 spiro atoms. The fourth-order valence-electron chi connectivity index (χ4n) is 2.94. The van der Waals surface area contributed by atoms with Crippen LogP contribution >= 0.6 is 0 Å². The Hall–Kier alpha value is -2.88. The number of carbonyl (C=O) groups is 2. The molecule has 3 rings (SSSR count). The predicted octanol–water partition coefficient (Wildman–Crippen LogP) is 3.12. The molecule has 2 aromatic rings. The molecule has 2 amide bonds. The molecule has 1 N–H and O–H groups in total. The number of piperidine rings is 1. The van der Waals surface area contributed by atoms with Crippen LogP contribution in [-0.2, 0) is 4.79 Å². The van der Waals surface area contributed by atoms with Crippen LogP contribution in [0, 0.1) is 0 Å². The first kappa shape index (κ1) is 17.0. The van der Waals surface area contributed by atoms with Gasteiger partial charge >= 0.3 is 0 Å². The van der Waals surface area contributed by atoms with E-state index in [1.807, 2.05) is 71.6 Å². The number of benzene rings is 2. The first-order valence-electron chi connectivity index (χ1n) is 8.60. The van der Waals surface area contributed by atoms with E-state index >= 15 is 0 Å². The highest BCUT2D eigenvalue weighted by molar-refractivity contribution is 5.94. The SMILES string of the molecule is O=C(NC1CCN(C(=O)/C=C/c2ccccc2)CC1)c1ccccc1.